The fraction of sp³-hybridized carbons (Fsp3) is 0. The van der Waals surface area contributed by atoms with E-state index in [4.69, 9.17) is 0 Å². The van der Waals surface area contributed by atoms with E-state index in [0.717, 1.165) is 17.1 Å². The lowest BCUT2D eigenvalue weighted by molar-refractivity contribution is 1.28. The van der Waals surface area contributed by atoms with Crippen LogP contribution in [0.15, 0.2) is 224 Å². The lowest BCUT2D eigenvalue weighted by Gasteiger charge is -2.26. The van der Waals surface area contributed by atoms with Crippen LogP contribution in [0, 0.1) is 0 Å². The summed E-state index contributed by atoms with van der Waals surface area (Å²) < 4.78 is 0. The van der Waals surface area contributed by atoms with Gasteiger partial charge < -0.3 is 4.90 Å². The third-order valence-electron chi connectivity index (χ3n) is 10.1. The fourth-order valence-corrected chi connectivity index (χ4v) is 7.39. The number of hydrogen-bond acceptors (Lipinski definition) is 1. The Kier molecular flexibility index (Phi) is 8.66. The second kappa shape index (κ2) is 14.3. The molecule has 9 rings (SSSR count). The van der Waals surface area contributed by atoms with Crippen LogP contribution in [-0.4, -0.2) is 0 Å². The molecule has 0 fully saturated rings. The third kappa shape index (κ3) is 6.53. The Labute approximate surface area is 311 Å². The molecule has 0 amide bonds. The molecule has 0 saturated carbocycles. The van der Waals surface area contributed by atoms with Crippen LogP contribution in [0.2, 0.25) is 0 Å². The Morgan fingerprint density at radius 1 is 0.226 bits per heavy atom. The van der Waals surface area contributed by atoms with Gasteiger partial charge in [-0.25, -0.2) is 0 Å². The van der Waals surface area contributed by atoms with E-state index >= 15 is 0 Å². The highest BCUT2D eigenvalue weighted by atomic mass is 15.1. The minimum absolute atomic E-state index is 1.10. The topological polar surface area (TPSA) is 3.24 Å². The summed E-state index contributed by atoms with van der Waals surface area (Å²) in [6.07, 6.45) is 0. The molecule has 9 aromatic carbocycles. The molecule has 0 aromatic heterocycles. The molecule has 0 unspecified atom stereocenters. The van der Waals surface area contributed by atoms with Crippen molar-refractivity contribution in [1.82, 2.24) is 0 Å². The van der Waals surface area contributed by atoms with Gasteiger partial charge in [-0.1, -0.05) is 182 Å². The number of fused-ring (bicyclic) bond motifs is 1. The van der Waals surface area contributed by atoms with E-state index < -0.39 is 0 Å². The SMILES string of the molecule is c1ccc(-c2ccc(N(c3ccc(-c4ccccc4)cc3)c3ccc(-c4ccc5cccc(-c6ccccc6-c6ccccc6)c5c4)cc3)cc2)cc1. The Morgan fingerprint density at radius 3 is 1.11 bits per heavy atom. The van der Waals surface area contributed by atoms with Crippen molar-refractivity contribution in [2.45, 2.75) is 0 Å². The van der Waals surface area contributed by atoms with Gasteiger partial charge in [0.05, 0.1) is 0 Å². The highest BCUT2D eigenvalue weighted by molar-refractivity contribution is 6.02. The monoisotopic (exact) mass is 675 g/mol. The molecule has 0 N–H and O–H groups in total. The van der Waals surface area contributed by atoms with Crippen molar-refractivity contribution in [3.8, 4) is 55.6 Å². The van der Waals surface area contributed by atoms with Crippen LogP contribution in [0.5, 0.6) is 0 Å². The number of anilines is 3. The molecule has 53 heavy (non-hydrogen) atoms. The van der Waals surface area contributed by atoms with Crippen LogP contribution in [0.3, 0.4) is 0 Å². The summed E-state index contributed by atoms with van der Waals surface area (Å²) in [4.78, 5) is 2.34. The zero-order valence-electron chi connectivity index (χ0n) is 29.3. The summed E-state index contributed by atoms with van der Waals surface area (Å²) in [7, 11) is 0. The Bertz CT molecular complexity index is 2530. The van der Waals surface area contributed by atoms with Crippen molar-refractivity contribution in [2.75, 3.05) is 4.90 Å². The first-order valence-corrected chi connectivity index (χ1v) is 18.2. The number of hydrogen-bond donors (Lipinski definition) is 0. The number of benzene rings is 9. The molecular formula is C52H37N. The molecular weight excluding hydrogens is 639 g/mol. The maximum atomic E-state index is 2.35. The van der Waals surface area contributed by atoms with Crippen molar-refractivity contribution in [2.24, 2.45) is 0 Å². The molecule has 1 heteroatoms. The summed E-state index contributed by atoms with van der Waals surface area (Å²) in [6, 6.07) is 80.7. The summed E-state index contributed by atoms with van der Waals surface area (Å²) in [5.41, 5.74) is 15.5. The number of nitrogens with zero attached hydrogens (tertiary/aromatic N) is 1. The van der Waals surface area contributed by atoms with Crippen molar-refractivity contribution >= 4 is 27.8 Å². The molecule has 0 radical (unpaired) electrons. The maximum Gasteiger partial charge on any atom is 0.0462 e. The largest absolute Gasteiger partial charge is 0.311 e. The fourth-order valence-electron chi connectivity index (χ4n) is 7.39. The zero-order chi connectivity index (χ0) is 35.4. The Morgan fingerprint density at radius 2 is 0.604 bits per heavy atom. The maximum absolute atomic E-state index is 2.35. The van der Waals surface area contributed by atoms with Crippen LogP contribution >= 0.6 is 0 Å². The molecule has 0 atom stereocenters. The third-order valence-corrected chi connectivity index (χ3v) is 10.1. The first-order valence-electron chi connectivity index (χ1n) is 18.2. The van der Waals surface area contributed by atoms with Crippen LogP contribution in [0.4, 0.5) is 17.1 Å². The molecule has 0 bridgehead atoms. The van der Waals surface area contributed by atoms with Gasteiger partial charge in [-0.2, -0.15) is 0 Å². The molecule has 0 aliphatic carbocycles. The van der Waals surface area contributed by atoms with E-state index in [-0.39, 0.29) is 0 Å². The van der Waals surface area contributed by atoms with Crippen molar-refractivity contribution in [3.05, 3.63) is 224 Å². The van der Waals surface area contributed by atoms with Crippen LogP contribution in [-0.2, 0) is 0 Å². The van der Waals surface area contributed by atoms with Crippen LogP contribution in [0.25, 0.3) is 66.4 Å². The first kappa shape index (κ1) is 32.0. The average molecular weight is 676 g/mol. The molecule has 0 saturated heterocycles. The lowest BCUT2D eigenvalue weighted by Crippen LogP contribution is -2.09. The predicted molar refractivity (Wildman–Crippen MR) is 226 cm³/mol. The molecule has 0 heterocycles. The van der Waals surface area contributed by atoms with E-state index in [0.29, 0.717) is 0 Å². The van der Waals surface area contributed by atoms with Crippen molar-refractivity contribution < 1.29 is 0 Å². The average Bonchev–Trinajstić information content (AvgIpc) is 3.25. The minimum Gasteiger partial charge on any atom is -0.311 e. The van der Waals surface area contributed by atoms with E-state index in [1.165, 1.54) is 66.4 Å². The van der Waals surface area contributed by atoms with E-state index in [1.54, 1.807) is 0 Å². The van der Waals surface area contributed by atoms with E-state index in [2.05, 4.69) is 229 Å². The van der Waals surface area contributed by atoms with Crippen LogP contribution < -0.4 is 4.90 Å². The molecule has 0 spiro atoms. The van der Waals surface area contributed by atoms with Gasteiger partial charge in [0.1, 0.15) is 0 Å². The summed E-state index contributed by atoms with van der Waals surface area (Å²) >= 11 is 0. The molecule has 0 aliphatic rings. The van der Waals surface area contributed by atoms with E-state index in [1.807, 2.05) is 0 Å². The van der Waals surface area contributed by atoms with Gasteiger partial charge in [-0.05, 0) is 109 Å². The minimum atomic E-state index is 1.10. The molecule has 9 aromatic rings. The summed E-state index contributed by atoms with van der Waals surface area (Å²) in [5, 5.41) is 2.48. The Hall–Kier alpha value is -6.96. The second-order valence-electron chi connectivity index (χ2n) is 13.4. The zero-order valence-corrected chi connectivity index (χ0v) is 29.3. The highest BCUT2D eigenvalue weighted by Crippen LogP contribution is 2.40. The lowest BCUT2D eigenvalue weighted by atomic mass is 9.90. The smallest absolute Gasteiger partial charge is 0.0462 e. The quantitative estimate of drug-likeness (QED) is 0.155. The summed E-state index contributed by atoms with van der Waals surface area (Å²) in [6.45, 7) is 0. The number of rotatable bonds is 8. The molecule has 1 nitrogen and oxygen atoms in total. The standard InChI is InChI=1S/C52H37N/c1-4-13-38(14-5-1)40-25-31-46(32-26-40)53(47-33-27-41(28-34-47)39-15-6-2-7-16-39)48-35-29-42(30-36-48)45-24-23-44-19-12-22-51(52(44)37-45)50-21-11-10-20-49(50)43-17-8-3-9-18-43/h1-37H. The highest BCUT2D eigenvalue weighted by Gasteiger charge is 2.15. The van der Waals surface area contributed by atoms with Crippen molar-refractivity contribution in [3.63, 3.8) is 0 Å². The van der Waals surface area contributed by atoms with Gasteiger partial charge in [0.2, 0.25) is 0 Å². The van der Waals surface area contributed by atoms with Crippen LogP contribution in [0.1, 0.15) is 0 Å². The second-order valence-corrected chi connectivity index (χ2v) is 13.4. The first-order chi connectivity index (χ1) is 26.3. The molecule has 250 valence electrons. The predicted octanol–water partition coefficient (Wildman–Crippen LogP) is 14.6. The van der Waals surface area contributed by atoms with Gasteiger partial charge in [0.15, 0.2) is 0 Å². The summed E-state index contributed by atoms with van der Waals surface area (Å²) in [5.74, 6) is 0. The Balaban J connectivity index is 1.09. The van der Waals surface area contributed by atoms with Gasteiger partial charge in [-0.15, -0.1) is 0 Å². The van der Waals surface area contributed by atoms with Gasteiger partial charge in [0, 0.05) is 17.1 Å². The van der Waals surface area contributed by atoms with Gasteiger partial charge in [0.25, 0.3) is 0 Å². The van der Waals surface area contributed by atoms with Crippen molar-refractivity contribution in [1.29, 1.82) is 0 Å². The van der Waals surface area contributed by atoms with Gasteiger partial charge >= 0.3 is 0 Å². The van der Waals surface area contributed by atoms with E-state index in [9.17, 15) is 0 Å². The normalized spacial score (nSPS) is 11.0. The molecule has 0 aliphatic heterocycles. The van der Waals surface area contributed by atoms with Gasteiger partial charge in [-0.3, -0.25) is 0 Å².